The molecule has 0 fully saturated rings. The van der Waals surface area contributed by atoms with Gasteiger partial charge in [0.1, 0.15) is 0 Å². The Morgan fingerprint density at radius 1 is 0.743 bits per heavy atom. The highest BCUT2D eigenvalue weighted by Gasteiger charge is 2.49. The maximum Gasteiger partial charge on any atom is 0.167 e. The topological polar surface area (TPSA) is 37.4 Å². The molecule has 4 aromatic carbocycles. The lowest BCUT2D eigenvalue weighted by Gasteiger charge is -2.39. The van der Waals surface area contributed by atoms with Crippen LogP contribution in [-0.2, 0) is 21.4 Å². The van der Waals surface area contributed by atoms with Gasteiger partial charge < -0.3 is 4.90 Å². The van der Waals surface area contributed by atoms with E-state index in [9.17, 15) is 9.59 Å². The highest BCUT2D eigenvalue weighted by molar-refractivity contribution is 6.13. The van der Waals surface area contributed by atoms with Crippen molar-refractivity contribution in [2.45, 2.75) is 18.8 Å². The minimum Gasteiger partial charge on any atom is -0.378 e. The van der Waals surface area contributed by atoms with Crippen LogP contribution in [0.25, 0.3) is 21.9 Å². The first-order valence-electron chi connectivity index (χ1n) is 12.0. The summed E-state index contributed by atoms with van der Waals surface area (Å²) < 4.78 is 0. The zero-order valence-electron chi connectivity index (χ0n) is 20.4. The van der Waals surface area contributed by atoms with E-state index in [1.807, 2.05) is 45.3 Å². The molecular weight excluding hydrogens is 430 g/mol. The van der Waals surface area contributed by atoms with Gasteiger partial charge in [-0.25, -0.2) is 0 Å². The van der Waals surface area contributed by atoms with E-state index in [0.717, 1.165) is 38.7 Å². The Hall–Kier alpha value is -3.98. The summed E-state index contributed by atoms with van der Waals surface area (Å²) in [5, 5.41) is 2.10. The van der Waals surface area contributed by atoms with E-state index in [4.69, 9.17) is 0 Å². The fourth-order valence-corrected chi connectivity index (χ4v) is 5.31. The van der Waals surface area contributed by atoms with Crippen molar-refractivity contribution in [2.24, 2.45) is 5.92 Å². The second-order valence-electron chi connectivity index (χ2n) is 9.63. The Balaban J connectivity index is 1.57. The molecule has 0 aromatic heterocycles. The lowest BCUT2D eigenvalue weighted by molar-refractivity contribution is -0.130. The molecule has 0 amide bonds. The molecule has 0 spiro atoms. The molecule has 5 rings (SSSR count). The van der Waals surface area contributed by atoms with Crippen LogP contribution in [0, 0.1) is 5.92 Å². The van der Waals surface area contributed by atoms with Gasteiger partial charge in [0.05, 0.1) is 5.41 Å². The number of fused-ring (bicyclic) bond motifs is 1. The average Bonchev–Trinajstić information content (AvgIpc) is 2.89. The van der Waals surface area contributed by atoms with Gasteiger partial charge in [-0.2, -0.15) is 0 Å². The van der Waals surface area contributed by atoms with Gasteiger partial charge >= 0.3 is 0 Å². The first-order chi connectivity index (χ1) is 16.9. The van der Waals surface area contributed by atoms with Crippen molar-refractivity contribution in [3.8, 4) is 11.1 Å². The van der Waals surface area contributed by atoms with Crippen LogP contribution in [0.15, 0.2) is 103 Å². The van der Waals surface area contributed by atoms with Gasteiger partial charge in [0.2, 0.25) is 0 Å². The normalized spacial score (nSPS) is 19.8. The molecular formula is C32H29NO2. The fraction of sp³-hybridized carbons (Fsp3) is 0.188. The molecule has 3 heteroatoms. The Kier molecular flexibility index (Phi) is 5.86. The molecule has 2 unspecified atom stereocenters. The summed E-state index contributed by atoms with van der Waals surface area (Å²) in [5.74, 6) is -0.469. The summed E-state index contributed by atoms with van der Waals surface area (Å²) in [4.78, 5) is 28.7. The van der Waals surface area contributed by atoms with Crippen molar-refractivity contribution in [1.29, 1.82) is 0 Å². The molecule has 2 atom stereocenters. The number of benzene rings is 4. The molecule has 0 heterocycles. The van der Waals surface area contributed by atoms with Gasteiger partial charge in [0, 0.05) is 25.7 Å². The molecule has 0 radical (unpaired) electrons. The van der Waals surface area contributed by atoms with Gasteiger partial charge in [-0.05, 0) is 63.7 Å². The predicted molar refractivity (Wildman–Crippen MR) is 144 cm³/mol. The van der Waals surface area contributed by atoms with Gasteiger partial charge in [-0.15, -0.1) is 0 Å². The monoisotopic (exact) mass is 459 g/mol. The van der Waals surface area contributed by atoms with Crippen LogP contribution < -0.4 is 4.90 Å². The van der Waals surface area contributed by atoms with E-state index < -0.39 is 11.3 Å². The quantitative estimate of drug-likeness (QED) is 0.347. The van der Waals surface area contributed by atoms with E-state index in [-0.39, 0.29) is 11.6 Å². The molecule has 1 aliphatic rings. The first-order valence-corrected chi connectivity index (χ1v) is 12.0. The summed E-state index contributed by atoms with van der Waals surface area (Å²) in [6, 6.07) is 31.0. The minimum absolute atomic E-state index is 0.00450. The first kappa shape index (κ1) is 22.8. The van der Waals surface area contributed by atoms with Crippen molar-refractivity contribution in [2.75, 3.05) is 19.0 Å². The number of hydrogen-bond acceptors (Lipinski definition) is 3. The lowest BCUT2D eigenvalue weighted by atomic mass is 9.60. The summed E-state index contributed by atoms with van der Waals surface area (Å²) >= 11 is 0. The smallest absolute Gasteiger partial charge is 0.167 e. The zero-order valence-corrected chi connectivity index (χ0v) is 20.4. The van der Waals surface area contributed by atoms with Crippen LogP contribution >= 0.6 is 0 Å². The van der Waals surface area contributed by atoms with Crippen LogP contribution in [0.1, 0.15) is 18.1 Å². The molecule has 35 heavy (non-hydrogen) atoms. The molecule has 0 N–H and O–H groups in total. The van der Waals surface area contributed by atoms with E-state index in [1.165, 1.54) is 12.2 Å². The third-order valence-electron chi connectivity index (χ3n) is 7.43. The summed E-state index contributed by atoms with van der Waals surface area (Å²) in [6.45, 7) is 1.90. The number of hydrogen-bond donors (Lipinski definition) is 0. The van der Waals surface area contributed by atoms with Crippen molar-refractivity contribution < 1.29 is 9.59 Å². The van der Waals surface area contributed by atoms with Crippen LogP contribution in [-0.4, -0.2) is 25.7 Å². The molecule has 3 nitrogen and oxygen atoms in total. The Bertz CT molecular complexity index is 1430. The number of carbonyl (C=O) groups is 2. The van der Waals surface area contributed by atoms with Crippen molar-refractivity contribution in [1.82, 2.24) is 0 Å². The zero-order chi connectivity index (χ0) is 24.6. The molecule has 174 valence electrons. The van der Waals surface area contributed by atoms with Gasteiger partial charge in [0.15, 0.2) is 11.6 Å². The minimum atomic E-state index is -0.943. The third-order valence-corrected chi connectivity index (χ3v) is 7.43. The molecule has 0 saturated heterocycles. The third kappa shape index (κ3) is 3.97. The molecule has 0 aliphatic heterocycles. The molecule has 0 bridgehead atoms. The van der Waals surface area contributed by atoms with E-state index in [1.54, 1.807) is 0 Å². The highest BCUT2D eigenvalue weighted by Crippen LogP contribution is 2.43. The standard InChI is InChI=1S/C32H29NO2/c1-22-30(34)19-20-31(35)32(22,29-10-6-8-26-7-4-5-9-28(26)29)21-23-11-13-24(14-12-23)25-15-17-27(18-16-25)33(2)3/h4-20,22H,21H2,1-3H3. The maximum atomic E-state index is 13.7. The number of nitrogens with zero attached hydrogens (tertiary/aromatic N) is 1. The Labute approximate surface area is 206 Å². The Morgan fingerprint density at radius 3 is 2.06 bits per heavy atom. The van der Waals surface area contributed by atoms with Gasteiger partial charge in [0.25, 0.3) is 0 Å². The number of rotatable bonds is 5. The Morgan fingerprint density at radius 2 is 1.37 bits per heavy atom. The summed E-state index contributed by atoms with van der Waals surface area (Å²) in [6.07, 6.45) is 3.39. The number of ketones is 2. The van der Waals surface area contributed by atoms with Crippen LogP contribution in [0.2, 0.25) is 0 Å². The number of allylic oxidation sites excluding steroid dienone is 2. The lowest BCUT2D eigenvalue weighted by Crippen LogP contribution is -2.48. The highest BCUT2D eigenvalue weighted by atomic mass is 16.1. The van der Waals surface area contributed by atoms with Crippen molar-refractivity contribution in [3.05, 3.63) is 114 Å². The average molecular weight is 460 g/mol. The number of carbonyl (C=O) groups excluding carboxylic acids is 2. The molecule has 0 saturated carbocycles. The van der Waals surface area contributed by atoms with Crippen LogP contribution in [0.3, 0.4) is 0 Å². The van der Waals surface area contributed by atoms with Gasteiger partial charge in [-0.1, -0.05) is 85.8 Å². The second kappa shape index (κ2) is 8.99. The van der Waals surface area contributed by atoms with E-state index in [2.05, 4.69) is 71.6 Å². The van der Waals surface area contributed by atoms with E-state index >= 15 is 0 Å². The predicted octanol–water partition coefficient (Wildman–Crippen LogP) is 6.40. The van der Waals surface area contributed by atoms with E-state index in [0.29, 0.717) is 6.42 Å². The summed E-state index contributed by atoms with van der Waals surface area (Å²) in [5.41, 5.74) is 4.44. The maximum absolute atomic E-state index is 13.7. The van der Waals surface area contributed by atoms with Gasteiger partial charge in [-0.3, -0.25) is 9.59 Å². The van der Waals surface area contributed by atoms with Crippen LogP contribution in [0.4, 0.5) is 5.69 Å². The molecule has 4 aromatic rings. The SMILES string of the molecule is CC1C(=O)C=CC(=O)C1(Cc1ccc(-c2ccc(N(C)C)cc2)cc1)c1cccc2ccccc12. The second-order valence-corrected chi connectivity index (χ2v) is 9.63. The largest absolute Gasteiger partial charge is 0.378 e. The van der Waals surface area contributed by atoms with Crippen LogP contribution in [0.5, 0.6) is 0 Å². The number of anilines is 1. The van der Waals surface area contributed by atoms with Crippen molar-refractivity contribution in [3.63, 3.8) is 0 Å². The molecule has 1 aliphatic carbocycles. The fourth-order valence-electron chi connectivity index (χ4n) is 5.31. The summed E-state index contributed by atoms with van der Waals surface area (Å²) in [7, 11) is 4.06. The van der Waals surface area contributed by atoms with Crippen molar-refractivity contribution >= 4 is 28.0 Å².